The molecule has 27 heavy (non-hydrogen) atoms. The SMILES string of the molecule is CC(=O)OC1OC2OC(=O)C(C)c3c(C4(C)CCCC(C)(C)C4)ccc1c32. The first kappa shape index (κ1) is 18.5. The molecule has 3 aliphatic rings. The van der Waals surface area contributed by atoms with Crippen LogP contribution >= 0.6 is 0 Å². The third-order valence-electron chi connectivity index (χ3n) is 6.44. The first-order valence-electron chi connectivity index (χ1n) is 9.82. The maximum absolute atomic E-state index is 12.5. The summed E-state index contributed by atoms with van der Waals surface area (Å²) in [4.78, 5) is 24.0. The number of ether oxygens (including phenoxy) is 3. The summed E-state index contributed by atoms with van der Waals surface area (Å²) in [6, 6.07) is 4.10. The Morgan fingerprint density at radius 3 is 2.59 bits per heavy atom. The summed E-state index contributed by atoms with van der Waals surface area (Å²) in [5, 5.41) is 0. The number of hydrogen-bond acceptors (Lipinski definition) is 5. The first-order chi connectivity index (χ1) is 12.6. The Labute approximate surface area is 160 Å². The van der Waals surface area contributed by atoms with Crippen molar-refractivity contribution in [2.45, 2.75) is 84.2 Å². The smallest absolute Gasteiger partial charge is 0.315 e. The lowest BCUT2D eigenvalue weighted by molar-refractivity contribution is -0.231. The lowest BCUT2D eigenvalue weighted by atomic mass is 9.60. The molecule has 4 rings (SSSR count). The van der Waals surface area contributed by atoms with Gasteiger partial charge < -0.3 is 9.47 Å². The van der Waals surface area contributed by atoms with Gasteiger partial charge in [0, 0.05) is 18.1 Å². The van der Waals surface area contributed by atoms with Crippen molar-refractivity contribution in [3.05, 3.63) is 34.4 Å². The molecule has 4 atom stereocenters. The van der Waals surface area contributed by atoms with Gasteiger partial charge in [0.25, 0.3) is 0 Å². The minimum atomic E-state index is -0.816. The summed E-state index contributed by atoms with van der Waals surface area (Å²) < 4.78 is 16.6. The van der Waals surface area contributed by atoms with Crippen LogP contribution in [0.3, 0.4) is 0 Å². The molecular weight excluding hydrogens is 344 g/mol. The molecule has 1 aromatic rings. The molecule has 0 amide bonds. The van der Waals surface area contributed by atoms with Crippen molar-refractivity contribution in [2.24, 2.45) is 5.41 Å². The first-order valence-corrected chi connectivity index (χ1v) is 9.82. The van der Waals surface area contributed by atoms with Crippen molar-refractivity contribution >= 4 is 11.9 Å². The van der Waals surface area contributed by atoms with Crippen LogP contribution in [0.5, 0.6) is 0 Å². The zero-order valence-electron chi connectivity index (χ0n) is 16.8. The van der Waals surface area contributed by atoms with Crippen molar-refractivity contribution in [3.63, 3.8) is 0 Å². The zero-order chi connectivity index (χ0) is 19.6. The van der Waals surface area contributed by atoms with Gasteiger partial charge in [0.1, 0.15) is 0 Å². The maximum atomic E-state index is 12.5. The van der Waals surface area contributed by atoms with E-state index in [0.29, 0.717) is 0 Å². The summed E-state index contributed by atoms with van der Waals surface area (Å²) in [5.74, 6) is -1.06. The van der Waals surface area contributed by atoms with Crippen LogP contribution in [0.1, 0.15) is 101 Å². The van der Waals surface area contributed by atoms with Gasteiger partial charge >= 0.3 is 11.9 Å². The standard InChI is InChI=1S/C22H28O5/c1-12-16-15(22(5)10-6-9-21(3,4)11-22)8-7-14-17(16)20(26-18(12)24)27-19(14)25-13(2)23/h7-8,12,19-20H,6,9-11H2,1-5H3. The average molecular weight is 372 g/mol. The molecule has 0 radical (unpaired) electrons. The van der Waals surface area contributed by atoms with Gasteiger partial charge in [-0.05, 0) is 48.1 Å². The molecule has 0 bridgehead atoms. The van der Waals surface area contributed by atoms with Crippen molar-refractivity contribution in [1.29, 1.82) is 0 Å². The maximum Gasteiger partial charge on any atom is 0.315 e. The Morgan fingerprint density at radius 1 is 1.19 bits per heavy atom. The molecule has 5 heteroatoms. The Hall–Kier alpha value is -1.88. The van der Waals surface area contributed by atoms with E-state index in [4.69, 9.17) is 14.2 Å². The summed E-state index contributed by atoms with van der Waals surface area (Å²) in [6.45, 7) is 10.2. The van der Waals surface area contributed by atoms with Crippen LogP contribution < -0.4 is 0 Å². The highest BCUT2D eigenvalue weighted by Crippen LogP contribution is 2.54. The zero-order valence-corrected chi connectivity index (χ0v) is 16.8. The van der Waals surface area contributed by atoms with Crippen LogP contribution in [0.15, 0.2) is 12.1 Å². The number of hydrogen-bond donors (Lipinski definition) is 0. The molecule has 1 fully saturated rings. The van der Waals surface area contributed by atoms with E-state index >= 15 is 0 Å². The van der Waals surface area contributed by atoms with Crippen molar-refractivity contribution in [2.75, 3.05) is 0 Å². The van der Waals surface area contributed by atoms with E-state index in [1.807, 2.05) is 13.0 Å². The number of carbonyl (C=O) groups is 2. The van der Waals surface area contributed by atoms with E-state index in [0.717, 1.165) is 29.5 Å². The van der Waals surface area contributed by atoms with E-state index < -0.39 is 18.5 Å². The van der Waals surface area contributed by atoms with E-state index in [2.05, 4.69) is 26.8 Å². The molecular formula is C22H28O5. The van der Waals surface area contributed by atoms with E-state index in [-0.39, 0.29) is 22.7 Å². The largest absolute Gasteiger partial charge is 0.431 e. The Balaban J connectivity index is 1.86. The van der Waals surface area contributed by atoms with Crippen molar-refractivity contribution in [1.82, 2.24) is 0 Å². The molecule has 1 aliphatic carbocycles. The molecule has 0 N–H and O–H groups in total. The molecule has 2 aliphatic heterocycles. The lowest BCUT2D eigenvalue weighted by Crippen LogP contribution is -2.37. The van der Waals surface area contributed by atoms with Gasteiger partial charge in [0.15, 0.2) is 0 Å². The highest BCUT2D eigenvalue weighted by molar-refractivity contribution is 5.82. The molecule has 1 aromatic carbocycles. The number of esters is 2. The fraction of sp³-hybridized carbons (Fsp3) is 0.636. The fourth-order valence-corrected chi connectivity index (χ4v) is 5.44. The second-order valence-electron chi connectivity index (χ2n) is 9.35. The van der Waals surface area contributed by atoms with Gasteiger partial charge in [-0.2, -0.15) is 0 Å². The minimum Gasteiger partial charge on any atom is -0.431 e. The quantitative estimate of drug-likeness (QED) is 0.698. The van der Waals surface area contributed by atoms with E-state index in [9.17, 15) is 9.59 Å². The highest BCUT2D eigenvalue weighted by Gasteiger charge is 2.48. The van der Waals surface area contributed by atoms with Crippen LogP contribution in [0.25, 0.3) is 0 Å². The van der Waals surface area contributed by atoms with Gasteiger partial charge in [-0.3, -0.25) is 14.3 Å². The fourth-order valence-electron chi connectivity index (χ4n) is 5.44. The van der Waals surface area contributed by atoms with Crippen LogP contribution in [0.2, 0.25) is 0 Å². The van der Waals surface area contributed by atoms with Crippen LogP contribution in [0, 0.1) is 5.41 Å². The highest BCUT2D eigenvalue weighted by atomic mass is 16.8. The predicted octanol–water partition coefficient (Wildman–Crippen LogP) is 4.80. The summed E-state index contributed by atoms with van der Waals surface area (Å²) in [7, 11) is 0. The third-order valence-corrected chi connectivity index (χ3v) is 6.44. The molecule has 146 valence electrons. The molecule has 4 unspecified atom stereocenters. The number of benzene rings is 1. The van der Waals surface area contributed by atoms with Gasteiger partial charge in [-0.25, -0.2) is 0 Å². The van der Waals surface area contributed by atoms with Crippen molar-refractivity contribution < 1.29 is 23.8 Å². The van der Waals surface area contributed by atoms with E-state index in [1.165, 1.54) is 25.3 Å². The molecule has 0 spiro atoms. The van der Waals surface area contributed by atoms with Crippen molar-refractivity contribution in [3.8, 4) is 0 Å². The Kier molecular flexibility index (Phi) is 4.15. The second kappa shape index (κ2) is 6.06. The predicted molar refractivity (Wildman–Crippen MR) is 98.9 cm³/mol. The van der Waals surface area contributed by atoms with Gasteiger partial charge in [0.2, 0.25) is 12.6 Å². The normalized spacial score (nSPS) is 34.0. The molecule has 5 nitrogen and oxygen atoms in total. The van der Waals surface area contributed by atoms with Crippen LogP contribution in [-0.2, 0) is 29.2 Å². The Bertz CT molecular complexity index is 811. The summed E-state index contributed by atoms with van der Waals surface area (Å²) >= 11 is 0. The Morgan fingerprint density at radius 2 is 1.93 bits per heavy atom. The molecule has 1 saturated carbocycles. The summed E-state index contributed by atoms with van der Waals surface area (Å²) in [6.07, 6.45) is 2.97. The summed E-state index contributed by atoms with van der Waals surface area (Å²) in [5.41, 5.74) is 4.19. The van der Waals surface area contributed by atoms with Gasteiger partial charge in [-0.15, -0.1) is 0 Å². The monoisotopic (exact) mass is 372 g/mol. The molecule has 2 heterocycles. The molecule has 0 aromatic heterocycles. The second-order valence-corrected chi connectivity index (χ2v) is 9.35. The van der Waals surface area contributed by atoms with Crippen LogP contribution in [-0.4, -0.2) is 11.9 Å². The third kappa shape index (κ3) is 2.96. The van der Waals surface area contributed by atoms with Gasteiger partial charge in [0.05, 0.1) is 5.92 Å². The van der Waals surface area contributed by atoms with E-state index in [1.54, 1.807) is 0 Å². The van der Waals surface area contributed by atoms with Gasteiger partial charge in [-0.1, -0.05) is 39.3 Å². The topological polar surface area (TPSA) is 61.8 Å². The average Bonchev–Trinajstić information content (AvgIpc) is 2.88. The minimum absolute atomic E-state index is 0.00205. The molecule has 0 saturated heterocycles. The number of carbonyl (C=O) groups excluding carboxylic acids is 2. The number of rotatable bonds is 2. The van der Waals surface area contributed by atoms with Crippen LogP contribution in [0.4, 0.5) is 0 Å². The lowest BCUT2D eigenvalue weighted by Gasteiger charge is -2.45.